The standard InChI is InChI=1S/C15H22N2O3/c1-10(2)12-4-6-13(7-5-12)14(15(19)20)17-9-8-16-11(3)18/h4-7,10,14,17H,8-9H2,1-3H3,(H,16,18)(H,19,20). The second kappa shape index (κ2) is 7.65. The maximum absolute atomic E-state index is 11.3. The molecule has 0 aliphatic carbocycles. The Bertz CT molecular complexity index is 455. The summed E-state index contributed by atoms with van der Waals surface area (Å²) in [5.41, 5.74) is 1.89. The first kappa shape index (κ1) is 16.2. The van der Waals surface area contributed by atoms with Crippen LogP contribution in [0, 0.1) is 0 Å². The van der Waals surface area contributed by atoms with Crippen molar-refractivity contribution in [2.45, 2.75) is 32.7 Å². The van der Waals surface area contributed by atoms with Crippen LogP contribution in [0.3, 0.4) is 0 Å². The van der Waals surface area contributed by atoms with Gasteiger partial charge >= 0.3 is 5.97 Å². The zero-order chi connectivity index (χ0) is 15.1. The van der Waals surface area contributed by atoms with Crippen LogP contribution in [0.5, 0.6) is 0 Å². The number of carbonyl (C=O) groups excluding carboxylic acids is 1. The predicted molar refractivity (Wildman–Crippen MR) is 77.6 cm³/mol. The third-order valence-corrected chi connectivity index (χ3v) is 3.03. The number of nitrogens with one attached hydrogen (secondary N) is 2. The first-order valence-corrected chi connectivity index (χ1v) is 6.72. The number of benzene rings is 1. The van der Waals surface area contributed by atoms with E-state index in [2.05, 4.69) is 24.5 Å². The highest BCUT2D eigenvalue weighted by atomic mass is 16.4. The average molecular weight is 278 g/mol. The summed E-state index contributed by atoms with van der Waals surface area (Å²) >= 11 is 0. The van der Waals surface area contributed by atoms with Crippen LogP contribution in [-0.2, 0) is 9.59 Å². The molecule has 1 amide bonds. The summed E-state index contributed by atoms with van der Waals surface area (Å²) in [5.74, 6) is -0.634. The Kier molecular flexibility index (Phi) is 6.18. The molecule has 0 heterocycles. The summed E-state index contributed by atoms with van der Waals surface area (Å²) in [6, 6.07) is 6.81. The molecule has 0 aliphatic rings. The molecule has 0 aromatic heterocycles. The van der Waals surface area contributed by atoms with Crippen LogP contribution in [0.25, 0.3) is 0 Å². The molecule has 0 saturated carbocycles. The highest BCUT2D eigenvalue weighted by Gasteiger charge is 2.18. The topological polar surface area (TPSA) is 78.4 Å². The molecule has 5 nitrogen and oxygen atoms in total. The van der Waals surface area contributed by atoms with Crippen LogP contribution >= 0.6 is 0 Å². The van der Waals surface area contributed by atoms with E-state index in [0.717, 1.165) is 0 Å². The zero-order valence-corrected chi connectivity index (χ0v) is 12.1. The van der Waals surface area contributed by atoms with E-state index in [0.29, 0.717) is 24.6 Å². The van der Waals surface area contributed by atoms with Crippen molar-refractivity contribution in [3.63, 3.8) is 0 Å². The minimum atomic E-state index is -0.926. The fourth-order valence-corrected chi connectivity index (χ4v) is 1.88. The van der Waals surface area contributed by atoms with Gasteiger partial charge in [-0.2, -0.15) is 0 Å². The van der Waals surface area contributed by atoms with E-state index in [9.17, 15) is 14.7 Å². The maximum Gasteiger partial charge on any atom is 0.325 e. The average Bonchev–Trinajstić information content (AvgIpc) is 2.38. The summed E-state index contributed by atoms with van der Waals surface area (Å²) < 4.78 is 0. The summed E-state index contributed by atoms with van der Waals surface area (Å²) in [5, 5.41) is 14.8. The third-order valence-electron chi connectivity index (χ3n) is 3.03. The molecule has 20 heavy (non-hydrogen) atoms. The highest BCUT2D eigenvalue weighted by molar-refractivity contribution is 5.75. The van der Waals surface area contributed by atoms with Crippen molar-refractivity contribution in [1.82, 2.24) is 10.6 Å². The number of hydrogen-bond acceptors (Lipinski definition) is 3. The van der Waals surface area contributed by atoms with E-state index in [-0.39, 0.29) is 5.91 Å². The number of hydrogen-bond donors (Lipinski definition) is 3. The largest absolute Gasteiger partial charge is 0.480 e. The molecule has 1 unspecified atom stereocenters. The van der Waals surface area contributed by atoms with E-state index in [1.807, 2.05) is 24.3 Å². The van der Waals surface area contributed by atoms with E-state index in [4.69, 9.17) is 0 Å². The Morgan fingerprint density at radius 3 is 2.10 bits per heavy atom. The first-order chi connectivity index (χ1) is 9.41. The zero-order valence-electron chi connectivity index (χ0n) is 12.1. The first-order valence-electron chi connectivity index (χ1n) is 6.72. The Balaban J connectivity index is 2.66. The molecule has 1 aromatic rings. The van der Waals surface area contributed by atoms with Gasteiger partial charge in [-0.1, -0.05) is 38.1 Å². The lowest BCUT2D eigenvalue weighted by atomic mass is 9.99. The fourth-order valence-electron chi connectivity index (χ4n) is 1.88. The number of amides is 1. The molecule has 1 atom stereocenters. The lowest BCUT2D eigenvalue weighted by molar-refractivity contribution is -0.139. The molecular formula is C15H22N2O3. The van der Waals surface area contributed by atoms with E-state index >= 15 is 0 Å². The van der Waals surface area contributed by atoms with Gasteiger partial charge in [-0.15, -0.1) is 0 Å². The van der Waals surface area contributed by atoms with Gasteiger partial charge in [-0.25, -0.2) is 0 Å². The molecule has 0 saturated heterocycles. The molecule has 0 aliphatic heterocycles. The van der Waals surface area contributed by atoms with Crippen LogP contribution < -0.4 is 10.6 Å². The number of carbonyl (C=O) groups is 2. The van der Waals surface area contributed by atoms with Crippen molar-refractivity contribution < 1.29 is 14.7 Å². The van der Waals surface area contributed by atoms with Gasteiger partial charge < -0.3 is 10.4 Å². The van der Waals surface area contributed by atoms with Gasteiger partial charge in [0.2, 0.25) is 5.91 Å². The lowest BCUT2D eigenvalue weighted by Crippen LogP contribution is -2.35. The monoisotopic (exact) mass is 278 g/mol. The summed E-state index contributed by atoms with van der Waals surface area (Å²) in [7, 11) is 0. The molecule has 0 bridgehead atoms. The van der Waals surface area contributed by atoms with Crippen LogP contribution in [0.1, 0.15) is 43.9 Å². The molecular weight excluding hydrogens is 256 g/mol. The van der Waals surface area contributed by atoms with Gasteiger partial charge in [0.15, 0.2) is 0 Å². The summed E-state index contributed by atoms with van der Waals surface area (Å²) in [4.78, 5) is 22.0. The Labute approximate surface area is 119 Å². The predicted octanol–water partition coefficient (Wildman–Crippen LogP) is 1.66. The van der Waals surface area contributed by atoms with E-state index in [1.54, 1.807) is 0 Å². The smallest absolute Gasteiger partial charge is 0.325 e. The molecule has 0 fully saturated rings. The van der Waals surface area contributed by atoms with Gasteiger partial charge in [-0.3, -0.25) is 14.9 Å². The van der Waals surface area contributed by atoms with Gasteiger partial charge in [0, 0.05) is 20.0 Å². The van der Waals surface area contributed by atoms with Crippen molar-refractivity contribution in [2.24, 2.45) is 0 Å². The lowest BCUT2D eigenvalue weighted by Gasteiger charge is -2.16. The molecule has 3 N–H and O–H groups in total. The SMILES string of the molecule is CC(=O)NCCNC(C(=O)O)c1ccc(C(C)C)cc1. The van der Waals surface area contributed by atoms with Crippen LogP contribution in [0.15, 0.2) is 24.3 Å². The molecule has 0 radical (unpaired) electrons. The maximum atomic E-state index is 11.3. The molecule has 5 heteroatoms. The molecule has 1 rings (SSSR count). The number of carboxylic acid groups (broad SMARTS) is 1. The second-order valence-corrected chi connectivity index (χ2v) is 5.03. The van der Waals surface area contributed by atoms with Crippen molar-refractivity contribution in [2.75, 3.05) is 13.1 Å². The quantitative estimate of drug-likeness (QED) is 0.663. The molecule has 0 spiro atoms. The van der Waals surface area contributed by atoms with Crippen molar-refractivity contribution >= 4 is 11.9 Å². The van der Waals surface area contributed by atoms with E-state index in [1.165, 1.54) is 12.5 Å². The molecule has 1 aromatic carbocycles. The Morgan fingerprint density at radius 1 is 1.10 bits per heavy atom. The normalized spacial score (nSPS) is 12.2. The minimum absolute atomic E-state index is 0.125. The number of rotatable bonds is 7. The van der Waals surface area contributed by atoms with Crippen LogP contribution in [0.4, 0.5) is 0 Å². The van der Waals surface area contributed by atoms with Crippen LogP contribution in [0.2, 0.25) is 0 Å². The number of carboxylic acids is 1. The summed E-state index contributed by atoms with van der Waals surface area (Å²) in [6.45, 7) is 6.43. The van der Waals surface area contributed by atoms with Crippen molar-refractivity contribution in [3.05, 3.63) is 35.4 Å². The van der Waals surface area contributed by atoms with Gasteiger partial charge in [0.1, 0.15) is 6.04 Å². The van der Waals surface area contributed by atoms with Gasteiger partial charge in [0.25, 0.3) is 0 Å². The van der Waals surface area contributed by atoms with Crippen molar-refractivity contribution in [3.8, 4) is 0 Å². The van der Waals surface area contributed by atoms with Crippen LogP contribution in [-0.4, -0.2) is 30.1 Å². The Morgan fingerprint density at radius 2 is 1.65 bits per heavy atom. The van der Waals surface area contributed by atoms with Gasteiger partial charge in [-0.05, 0) is 17.0 Å². The fraction of sp³-hybridized carbons (Fsp3) is 0.467. The number of aliphatic carboxylic acids is 1. The molecule has 110 valence electrons. The van der Waals surface area contributed by atoms with Crippen molar-refractivity contribution in [1.29, 1.82) is 0 Å². The highest BCUT2D eigenvalue weighted by Crippen LogP contribution is 2.18. The third kappa shape index (κ3) is 5.01. The minimum Gasteiger partial charge on any atom is -0.480 e. The van der Waals surface area contributed by atoms with Gasteiger partial charge in [0.05, 0.1) is 0 Å². The summed E-state index contributed by atoms with van der Waals surface area (Å²) in [6.07, 6.45) is 0. The second-order valence-electron chi connectivity index (χ2n) is 5.03. The van der Waals surface area contributed by atoms with E-state index < -0.39 is 12.0 Å². The Hall–Kier alpha value is -1.88.